The molecule has 1 aliphatic carbocycles. The third-order valence-electron chi connectivity index (χ3n) is 4.14. The molecule has 3 heteroatoms. The molecule has 0 heterocycles. The Morgan fingerprint density at radius 3 is 2.63 bits per heavy atom. The molecule has 1 aliphatic rings. The number of carbonyl (C=O) groups is 1. The average molecular weight is 325 g/mol. The standard InChI is InChI=1S/C16H21BrO2/c1-9-6-12-10(2)15(19-11(3)18)8-16(4,5)13(12)7-14(9)17/h6-7,10,15H,8H2,1-5H3. The van der Waals surface area contributed by atoms with Gasteiger partial charge < -0.3 is 4.74 Å². The zero-order valence-corrected chi connectivity index (χ0v) is 13.8. The third-order valence-corrected chi connectivity index (χ3v) is 4.99. The lowest BCUT2D eigenvalue weighted by Gasteiger charge is -2.41. The third kappa shape index (κ3) is 2.71. The molecule has 0 saturated heterocycles. The first-order valence-corrected chi connectivity index (χ1v) is 7.49. The van der Waals surface area contributed by atoms with Gasteiger partial charge in [-0.1, -0.05) is 42.8 Å². The Morgan fingerprint density at radius 2 is 2.05 bits per heavy atom. The maximum atomic E-state index is 11.3. The molecule has 19 heavy (non-hydrogen) atoms. The fourth-order valence-corrected chi connectivity index (χ4v) is 3.36. The van der Waals surface area contributed by atoms with E-state index in [1.54, 1.807) is 0 Å². The zero-order valence-electron chi connectivity index (χ0n) is 12.2. The van der Waals surface area contributed by atoms with Crippen LogP contribution in [0.4, 0.5) is 0 Å². The number of benzene rings is 1. The van der Waals surface area contributed by atoms with Crippen LogP contribution in [-0.4, -0.2) is 12.1 Å². The zero-order chi connectivity index (χ0) is 14.4. The maximum absolute atomic E-state index is 11.3. The van der Waals surface area contributed by atoms with Crippen LogP contribution < -0.4 is 0 Å². The lowest BCUT2D eigenvalue weighted by Crippen LogP contribution is -2.37. The van der Waals surface area contributed by atoms with E-state index in [0.29, 0.717) is 0 Å². The van der Waals surface area contributed by atoms with Crippen LogP contribution in [0.2, 0.25) is 0 Å². The van der Waals surface area contributed by atoms with Crippen molar-refractivity contribution >= 4 is 21.9 Å². The number of aryl methyl sites for hydroxylation is 1. The van der Waals surface area contributed by atoms with Gasteiger partial charge in [-0.2, -0.15) is 0 Å². The Bertz CT molecular complexity index is 520. The Kier molecular flexibility index (Phi) is 3.78. The molecule has 1 aromatic carbocycles. The average Bonchev–Trinajstić information content (AvgIpc) is 2.27. The van der Waals surface area contributed by atoms with Crippen molar-refractivity contribution in [1.29, 1.82) is 0 Å². The van der Waals surface area contributed by atoms with Gasteiger partial charge in [-0.05, 0) is 41.5 Å². The quantitative estimate of drug-likeness (QED) is 0.712. The summed E-state index contributed by atoms with van der Waals surface area (Å²) >= 11 is 3.62. The first kappa shape index (κ1) is 14.6. The van der Waals surface area contributed by atoms with Crippen molar-refractivity contribution in [2.45, 2.75) is 58.5 Å². The summed E-state index contributed by atoms with van der Waals surface area (Å²) in [5.74, 6) is 0.0589. The Hall–Kier alpha value is -0.830. The minimum Gasteiger partial charge on any atom is -0.462 e. The summed E-state index contributed by atoms with van der Waals surface area (Å²) in [7, 11) is 0. The van der Waals surface area contributed by atoms with Crippen LogP contribution in [-0.2, 0) is 14.9 Å². The molecule has 0 amide bonds. The van der Waals surface area contributed by atoms with Gasteiger partial charge in [0.2, 0.25) is 0 Å². The number of hydrogen-bond donors (Lipinski definition) is 0. The maximum Gasteiger partial charge on any atom is 0.302 e. The van der Waals surface area contributed by atoms with E-state index in [4.69, 9.17) is 4.74 Å². The first-order chi connectivity index (χ1) is 8.72. The van der Waals surface area contributed by atoms with E-state index < -0.39 is 0 Å². The van der Waals surface area contributed by atoms with Gasteiger partial charge in [-0.25, -0.2) is 0 Å². The van der Waals surface area contributed by atoms with Gasteiger partial charge in [0.1, 0.15) is 6.10 Å². The smallest absolute Gasteiger partial charge is 0.302 e. The molecule has 2 unspecified atom stereocenters. The first-order valence-electron chi connectivity index (χ1n) is 6.70. The SMILES string of the molecule is CC(=O)OC1CC(C)(C)c2cc(Br)c(C)cc2C1C. The molecule has 0 fully saturated rings. The fraction of sp³-hybridized carbons (Fsp3) is 0.562. The summed E-state index contributed by atoms with van der Waals surface area (Å²) in [5.41, 5.74) is 3.92. The van der Waals surface area contributed by atoms with Crippen LogP contribution >= 0.6 is 15.9 Å². The molecule has 2 rings (SSSR count). The van der Waals surface area contributed by atoms with Crippen molar-refractivity contribution in [3.63, 3.8) is 0 Å². The van der Waals surface area contributed by atoms with Gasteiger partial charge in [-0.3, -0.25) is 4.79 Å². The van der Waals surface area contributed by atoms with Crippen molar-refractivity contribution in [3.05, 3.63) is 33.3 Å². The second-order valence-electron chi connectivity index (χ2n) is 6.21. The van der Waals surface area contributed by atoms with Crippen LogP contribution in [0.15, 0.2) is 16.6 Å². The lowest BCUT2D eigenvalue weighted by atomic mass is 9.67. The normalized spacial score (nSPS) is 24.7. The number of halogens is 1. The molecular formula is C16H21BrO2. The fourth-order valence-electron chi connectivity index (χ4n) is 3.01. The predicted octanol–water partition coefficient (Wildman–Crippen LogP) is 4.47. The van der Waals surface area contributed by atoms with Gasteiger partial charge >= 0.3 is 5.97 Å². The van der Waals surface area contributed by atoms with Crippen molar-refractivity contribution in [3.8, 4) is 0 Å². The molecule has 0 radical (unpaired) electrons. The number of carbonyl (C=O) groups excluding carboxylic acids is 1. The highest BCUT2D eigenvalue weighted by Gasteiger charge is 2.39. The number of rotatable bonds is 1. The molecule has 0 aliphatic heterocycles. The van der Waals surface area contributed by atoms with E-state index in [0.717, 1.165) is 10.9 Å². The molecule has 0 spiro atoms. The Labute approximate surface area is 123 Å². The van der Waals surface area contributed by atoms with Crippen molar-refractivity contribution < 1.29 is 9.53 Å². The van der Waals surface area contributed by atoms with Gasteiger partial charge in [0, 0.05) is 17.3 Å². The molecule has 0 aromatic heterocycles. The molecule has 1 aromatic rings. The molecule has 0 N–H and O–H groups in total. The van der Waals surface area contributed by atoms with Crippen LogP contribution in [0.3, 0.4) is 0 Å². The number of esters is 1. The van der Waals surface area contributed by atoms with Crippen LogP contribution in [0.25, 0.3) is 0 Å². The van der Waals surface area contributed by atoms with Crippen molar-refractivity contribution in [2.24, 2.45) is 0 Å². The molecule has 0 bridgehead atoms. The second kappa shape index (κ2) is 4.93. The van der Waals surface area contributed by atoms with Gasteiger partial charge in [0.25, 0.3) is 0 Å². The van der Waals surface area contributed by atoms with Gasteiger partial charge in [0.15, 0.2) is 0 Å². The summed E-state index contributed by atoms with van der Waals surface area (Å²) in [6, 6.07) is 4.45. The van der Waals surface area contributed by atoms with E-state index in [9.17, 15) is 4.79 Å². The van der Waals surface area contributed by atoms with Crippen LogP contribution in [0, 0.1) is 6.92 Å². The van der Waals surface area contributed by atoms with Gasteiger partial charge in [-0.15, -0.1) is 0 Å². The number of fused-ring (bicyclic) bond motifs is 1. The highest BCUT2D eigenvalue weighted by Crippen LogP contribution is 2.45. The lowest BCUT2D eigenvalue weighted by molar-refractivity contribution is -0.148. The minimum atomic E-state index is -0.190. The van der Waals surface area contributed by atoms with E-state index >= 15 is 0 Å². The molecule has 2 nitrogen and oxygen atoms in total. The summed E-state index contributed by atoms with van der Waals surface area (Å²) < 4.78 is 6.67. The molecular weight excluding hydrogens is 304 g/mol. The summed E-state index contributed by atoms with van der Waals surface area (Å²) in [5, 5.41) is 0. The Morgan fingerprint density at radius 1 is 1.42 bits per heavy atom. The molecule has 0 saturated carbocycles. The molecule has 104 valence electrons. The van der Waals surface area contributed by atoms with E-state index in [2.05, 4.69) is 55.8 Å². The van der Waals surface area contributed by atoms with Crippen molar-refractivity contribution in [1.82, 2.24) is 0 Å². The largest absolute Gasteiger partial charge is 0.462 e. The van der Waals surface area contributed by atoms with E-state index in [1.807, 2.05) is 0 Å². The Balaban J connectivity index is 2.50. The van der Waals surface area contributed by atoms with Crippen LogP contribution in [0.5, 0.6) is 0 Å². The minimum absolute atomic E-state index is 0.0260. The van der Waals surface area contributed by atoms with Crippen molar-refractivity contribution in [2.75, 3.05) is 0 Å². The summed E-state index contributed by atoms with van der Waals surface area (Å²) in [6.07, 6.45) is 0.844. The van der Waals surface area contributed by atoms with Crippen LogP contribution in [0.1, 0.15) is 56.7 Å². The second-order valence-corrected chi connectivity index (χ2v) is 7.07. The summed E-state index contributed by atoms with van der Waals surface area (Å²) in [6.45, 7) is 10.2. The monoisotopic (exact) mass is 324 g/mol. The highest BCUT2D eigenvalue weighted by molar-refractivity contribution is 9.10. The highest BCUT2D eigenvalue weighted by atomic mass is 79.9. The van der Waals surface area contributed by atoms with E-state index in [-0.39, 0.29) is 23.4 Å². The summed E-state index contributed by atoms with van der Waals surface area (Å²) in [4.78, 5) is 11.3. The number of hydrogen-bond acceptors (Lipinski definition) is 2. The van der Waals surface area contributed by atoms with Gasteiger partial charge in [0.05, 0.1) is 0 Å². The number of ether oxygens (including phenoxy) is 1. The topological polar surface area (TPSA) is 26.3 Å². The van der Waals surface area contributed by atoms with E-state index in [1.165, 1.54) is 23.6 Å². The predicted molar refractivity (Wildman–Crippen MR) is 80.5 cm³/mol. The molecule has 2 atom stereocenters.